The highest BCUT2D eigenvalue weighted by molar-refractivity contribution is 5.73. The van der Waals surface area contributed by atoms with Crippen LogP contribution in [0.5, 0.6) is 0 Å². The Kier molecular flexibility index (Phi) is 12.5. The molecule has 3 aliphatic heterocycles. The molecular formula is C24H40N2O16. The lowest BCUT2D eigenvalue weighted by Crippen LogP contribution is -2.69. The van der Waals surface area contributed by atoms with Crippen LogP contribution in [0, 0.1) is 0 Å². The van der Waals surface area contributed by atoms with Crippen molar-refractivity contribution < 1.29 is 78.6 Å². The van der Waals surface area contributed by atoms with Gasteiger partial charge in [0.05, 0.1) is 19.3 Å². The normalized spacial score (nSPS) is 44.3. The van der Waals surface area contributed by atoms with E-state index < -0.39 is 124 Å². The molecule has 0 bridgehead atoms. The Bertz CT molecular complexity index is 914. The molecule has 2 amide bonds. The number of hydrogen-bond donors (Lipinski definition) is 9. The minimum absolute atomic E-state index is 0.414. The van der Waals surface area contributed by atoms with Gasteiger partial charge in [-0.25, -0.2) is 0 Å². The van der Waals surface area contributed by atoms with Gasteiger partial charge in [0, 0.05) is 13.8 Å². The van der Waals surface area contributed by atoms with Crippen LogP contribution in [-0.4, -0.2) is 166 Å². The molecule has 0 spiro atoms. The summed E-state index contributed by atoms with van der Waals surface area (Å²) in [5, 5.41) is 77.7. The van der Waals surface area contributed by atoms with Crippen LogP contribution < -0.4 is 10.6 Å². The molecule has 15 atom stereocenters. The Morgan fingerprint density at radius 1 is 0.714 bits per heavy atom. The van der Waals surface area contributed by atoms with Gasteiger partial charge >= 0.3 is 0 Å². The van der Waals surface area contributed by atoms with Gasteiger partial charge in [0.25, 0.3) is 0 Å². The van der Waals surface area contributed by atoms with Gasteiger partial charge in [0.1, 0.15) is 79.9 Å². The van der Waals surface area contributed by atoms with E-state index >= 15 is 0 Å². The van der Waals surface area contributed by atoms with Crippen molar-refractivity contribution in [3.63, 3.8) is 0 Å². The fraction of sp³-hybridized carbons (Fsp3) is 0.875. The van der Waals surface area contributed by atoms with Crippen molar-refractivity contribution in [2.75, 3.05) is 19.8 Å². The van der Waals surface area contributed by atoms with Gasteiger partial charge in [-0.1, -0.05) is 0 Å². The number of aldehydes is 1. The molecule has 18 nitrogen and oxygen atoms in total. The van der Waals surface area contributed by atoms with Crippen molar-refractivity contribution in [3.8, 4) is 0 Å². The highest BCUT2D eigenvalue weighted by Crippen LogP contribution is 2.33. The first-order chi connectivity index (χ1) is 19.8. The Hall–Kier alpha value is -1.91. The van der Waals surface area contributed by atoms with E-state index in [4.69, 9.17) is 28.4 Å². The molecule has 18 heteroatoms. The highest BCUT2D eigenvalue weighted by Gasteiger charge is 2.54. The van der Waals surface area contributed by atoms with Crippen LogP contribution in [0.4, 0.5) is 0 Å². The van der Waals surface area contributed by atoms with Gasteiger partial charge in [0.2, 0.25) is 11.8 Å². The van der Waals surface area contributed by atoms with E-state index in [0.29, 0.717) is 6.29 Å². The summed E-state index contributed by atoms with van der Waals surface area (Å²) in [5.74, 6) is -1.25. The largest absolute Gasteiger partial charge is 0.394 e. The van der Waals surface area contributed by atoms with E-state index in [-0.39, 0.29) is 0 Å². The van der Waals surface area contributed by atoms with E-state index in [1.807, 2.05) is 0 Å². The van der Waals surface area contributed by atoms with Crippen LogP contribution >= 0.6 is 0 Å². The van der Waals surface area contributed by atoms with Crippen molar-refractivity contribution in [2.24, 2.45) is 0 Å². The molecule has 0 aromatic carbocycles. The number of hydrogen-bond acceptors (Lipinski definition) is 16. The predicted octanol–water partition coefficient (Wildman–Crippen LogP) is -6.03. The molecule has 3 heterocycles. The van der Waals surface area contributed by atoms with Gasteiger partial charge in [0.15, 0.2) is 18.9 Å². The molecule has 3 saturated heterocycles. The maximum atomic E-state index is 12.0. The van der Waals surface area contributed by atoms with Gasteiger partial charge in [-0.15, -0.1) is 0 Å². The van der Waals surface area contributed by atoms with Gasteiger partial charge in [-0.3, -0.25) is 9.59 Å². The average molecular weight is 613 g/mol. The van der Waals surface area contributed by atoms with Gasteiger partial charge in [-0.05, 0) is 6.92 Å². The Morgan fingerprint density at radius 2 is 1.26 bits per heavy atom. The number of aliphatic hydroxyl groups is 7. The van der Waals surface area contributed by atoms with Crippen LogP contribution in [0.25, 0.3) is 0 Å². The second kappa shape index (κ2) is 15.2. The third-order valence-electron chi connectivity index (χ3n) is 7.17. The van der Waals surface area contributed by atoms with Crippen molar-refractivity contribution in [1.29, 1.82) is 0 Å². The van der Waals surface area contributed by atoms with Crippen molar-refractivity contribution >= 4 is 18.1 Å². The molecule has 3 fully saturated rings. The summed E-state index contributed by atoms with van der Waals surface area (Å²) in [5.41, 5.74) is 0. The second-order valence-electron chi connectivity index (χ2n) is 10.3. The number of rotatable bonds is 11. The standard InChI is InChI=1S/C24H40N2O16/c1-8-15(32)19(36)21(42-23-13(25-9(2)30)18(35)16(33)11(6-28)40-23)24(38-8)41-20-14(26-10(3)31)22(37-5-4-27)39-12(7-29)17(20)34/h4,8,11-24,28-29,32-36H,5-7H2,1-3H3,(H,25,30)(H,26,31)/t8-,11+,12+,13+,14+,15+,16-,17+,18+,19+,20+,21-,22+,23+,24-/m1/s1. The number of carbonyl (C=O) groups excluding carboxylic acids is 3. The molecule has 0 aromatic heterocycles. The smallest absolute Gasteiger partial charge is 0.217 e. The molecule has 42 heavy (non-hydrogen) atoms. The summed E-state index contributed by atoms with van der Waals surface area (Å²) in [6.07, 6.45) is -19.5. The number of aliphatic hydroxyl groups excluding tert-OH is 7. The van der Waals surface area contributed by atoms with Crippen LogP contribution in [0.1, 0.15) is 20.8 Å². The average Bonchev–Trinajstić information content (AvgIpc) is 2.94. The Labute approximate surface area is 240 Å². The Morgan fingerprint density at radius 3 is 1.83 bits per heavy atom. The number of amides is 2. The van der Waals surface area contributed by atoms with E-state index in [1.165, 1.54) is 6.92 Å². The van der Waals surface area contributed by atoms with E-state index in [0.717, 1.165) is 13.8 Å². The maximum Gasteiger partial charge on any atom is 0.217 e. The van der Waals surface area contributed by atoms with Crippen molar-refractivity contribution in [1.82, 2.24) is 10.6 Å². The number of carbonyl (C=O) groups is 3. The van der Waals surface area contributed by atoms with E-state index in [1.54, 1.807) is 0 Å². The minimum Gasteiger partial charge on any atom is -0.394 e. The Balaban J connectivity index is 1.95. The monoisotopic (exact) mass is 612 g/mol. The first-order valence-corrected chi connectivity index (χ1v) is 13.3. The summed E-state index contributed by atoms with van der Waals surface area (Å²) >= 11 is 0. The third kappa shape index (κ3) is 7.78. The fourth-order valence-corrected chi connectivity index (χ4v) is 5.05. The molecular weight excluding hydrogens is 572 g/mol. The number of ether oxygens (including phenoxy) is 6. The van der Waals surface area contributed by atoms with Crippen LogP contribution in [0.15, 0.2) is 0 Å². The molecule has 0 saturated carbocycles. The summed E-state index contributed by atoms with van der Waals surface area (Å²) in [7, 11) is 0. The zero-order valence-corrected chi connectivity index (χ0v) is 23.2. The summed E-state index contributed by atoms with van der Waals surface area (Å²) in [4.78, 5) is 34.8. The van der Waals surface area contributed by atoms with E-state index in [2.05, 4.69) is 10.6 Å². The minimum atomic E-state index is -1.76. The molecule has 3 aliphatic rings. The lowest BCUT2D eigenvalue weighted by molar-refractivity contribution is -0.371. The van der Waals surface area contributed by atoms with E-state index in [9.17, 15) is 50.1 Å². The quantitative estimate of drug-likeness (QED) is 0.0982. The summed E-state index contributed by atoms with van der Waals surface area (Å²) in [6.45, 7) is 1.72. The molecule has 0 aliphatic carbocycles. The molecule has 242 valence electrons. The molecule has 0 aromatic rings. The molecule has 3 rings (SSSR count). The first-order valence-electron chi connectivity index (χ1n) is 13.3. The highest BCUT2D eigenvalue weighted by atomic mass is 16.8. The molecule has 9 N–H and O–H groups in total. The topological polar surface area (TPSA) is 272 Å². The van der Waals surface area contributed by atoms with Crippen LogP contribution in [0.2, 0.25) is 0 Å². The van der Waals surface area contributed by atoms with Crippen molar-refractivity contribution in [2.45, 2.75) is 113 Å². The summed E-state index contributed by atoms with van der Waals surface area (Å²) < 4.78 is 34.1. The second-order valence-corrected chi connectivity index (χ2v) is 10.3. The first kappa shape index (κ1) is 34.6. The van der Waals surface area contributed by atoms with Crippen LogP contribution in [-0.2, 0) is 42.8 Å². The summed E-state index contributed by atoms with van der Waals surface area (Å²) in [6, 6.07) is -2.72. The maximum absolute atomic E-state index is 12.0. The van der Waals surface area contributed by atoms with Gasteiger partial charge in [-0.2, -0.15) is 0 Å². The predicted molar refractivity (Wildman–Crippen MR) is 133 cm³/mol. The van der Waals surface area contributed by atoms with Crippen LogP contribution in [0.3, 0.4) is 0 Å². The molecule has 0 unspecified atom stereocenters. The number of nitrogens with one attached hydrogen (secondary N) is 2. The molecule has 0 radical (unpaired) electrons. The fourth-order valence-electron chi connectivity index (χ4n) is 5.05. The lowest BCUT2D eigenvalue weighted by Gasteiger charge is -2.49. The lowest BCUT2D eigenvalue weighted by atomic mass is 9.94. The van der Waals surface area contributed by atoms with Crippen molar-refractivity contribution in [3.05, 3.63) is 0 Å². The zero-order chi connectivity index (χ0) is 31.3. The third-order valence-corrected chi connectivity index (χ3v) is 7.17. The van der Waals surface area contributed by atoms with Gasteiger partial charge < -0.3 is 79.6 Å². The zero-order valence-electron chi connectivity index (χ0n) is 23.2. The SMILES string of the molecule is CC(=O)N[C@@H]1[C@H](O[C@H]2[C@@H](O[C@@H]3[C@@H](O)[C@H](CO)O[C@H](OCC=O)[C@H]3NC(C)=O)O[C@H](C)[C@H](O)[C@@H]2O)O[C@@H](CO)[C@@H](O)[C@H]1O.